The number of hydrogen-bond acceptors (Lipinski definition) is 6. The van der Waals surface area contributed by atoms with E-state index >= 15 is 0 Å². The Balaban J connectivity index is 1.13. The van der Waals surface area contributed by atoms with Crippen LogP contribution < -0.4 is 15.0 Å². The smallest absolute Gasteiger partial charge is 0.262 e. The topological polar surface area (TPSA) is 98.8 Å². The first-order chi connectivity index (χ1) is 18.9. The Hall–Kier alpha value is -4.11. The molecule has 2 aromatic carbocycles. The molecule has 202 valence electrons. The van der Waals surface area contributed by atoms with E-state index in [1.807, 2.05) is 64.2 Å². The van der Waals surface area contributed by atoms with E-state index in [9.17, 15) is 14.7 Å². The van der Waals surface area contributed by atoms with Gasteiger partial charge >= 0.3 is 0 Å². The summed E-state index contributed by atoms with van der Waals surface area (Å²) in [4.78, 5) is 32.6. The van der Waals surface area contributed by atoms with Gasteiger partial charge in [0, 0.05) is 31.8 Å². The van der Waals surface area contributed by atoms with Gasteiger partial charge in [0.1, 0.15) is 19.5 Å². The SMILES string of the molecule is C[C@H](CC(=O)N1CCC(O)(Cn2cnc3c(ccn3-c3ccc4c(c3)OCCO4)c2=O)CC1)c1ccccc1. The number of benzene rings is 2. The number of aliphatic hydroxyl groups is 1. The molecule has 6 rings (SSSR count). The Morgan fingerprint density at radius 3 is 2.56 bits per heavy atom. The van der Waals surface area contributed by atoms with E-state index in [1.54, 1.807) is 6.07 Å². The van der Waals surface area contributed by atoms with Gasteiger partial charge in [-0.2, -0.15) is 0 Å². The number of hydrogen-bond donors (Lipinski definition) is 1. The minimum Gasteiger partial charge on any atom is -0.486 e. The maximum atomic E-state index is 13.3. The van der Waals surface area contributed by atoms with Crippen LogP contribution in [0.2, 0.25) is 0 Å². The number of piperidine rings is 1. The number of fused-ring (bicyclic) bond motifs is 2. The van der Waals surface area contributed by atoms with Crippen LogP contribution in [-0.4, -0.2) is 61.9 Å². The molecule has 4 heterocycles. The molecule has 9 nitrogen and oxygen atoms in total. The first-order valence-corrected chi connectivity index (χ1v) is 13.4. The quantitative estimate of drug-likeness (QED) is 0.411. The lowest BCUT2D eigenvalue weighted by atomic mass is 9.90. The van der Waals surface area contributed by atoms with Gasteiger partial charge in [0.15, 0.2) is 17.1 Å². The van der Waals surface area contributed by atoms with Crippen molar-refractivity contribution in [1.29, 1.82) is 0 Å². The van der Waals surface area contributed by atoms with Crippen molar-refractivity contribution in [1.82, 2.24) is 19.0 Å². The van der Waals surface area contributed by atoms with Crippen molar-refractivity contribution in [2.24, 2.45) is 0 Å². The van der Waals surface area contributed by atoms with Crippen LogP contribution in [-0.2, 0) is 11.3 Å². The van der Waals surface area contributed by atoms with E-state index in [2.05, 4.69) is 11.9 Å². The minimum atomic E-state index is -1.08. The number of carbonyl (C=O) groups excluding carboxylic acids is 1. The van der Waals surface area contributed by atoms with Crippen LogP contribution in [0.5, 0.6) is 11.5 Å². The summed E-state index contributed by atoms with van der Waals surface area (Å²) in [6, 6.07) is 17.4. The summed E-state index contributed by atoms with van der Waals surface area (Å²) in [6.45, 7) is 4.13. The third kappa shape index (κ3) is 5.02. The zero-order chi connectivity index (χ0) is 27.0. The number of amides is 1. The van der Waals surface area contributed by atoms with Crippen molar-refractivity contribution < 1.29 is 19.4 Å². The average molecular weight is 529 g/mol. The fourth-order valence-corrected chi connectivity index (χ4v) is 5.50. The second kappa shape index (κ2) is 10.2. The van der Waals surface area contributed by atoms with Crippen molar-refractivity contribution in [2.75, 3.05) is 26.3 Å². The van der Waals surface area contributed by atoms with Crippen LogP contribution in [0.15, 0.2) is 71.9 Å². The molecule has 0 aliphatic carbocycles. The number of nitrogens with zero attached hydrogens (tertiary/aromatic N) is 4. The minimum absolute atomic E-state index is 0.0918. The first kappa shape index (κ1) is 25.2. The molecule has 1 amide bonds. The van der Waals surface area contributed by atoms with Crippen LogP contribution in [0.1, 0.15) is 37.7 Å². The molecule has 2 aromatic heterocycles. The van der Waals surface area contributed by atoms with Gasteiger partial charge in [-0.05, 0) is 42.5 Å². The van der Waals surface area contributed by atoms with Crippen LogP contribution in [0.4, 0.5) is 0 Å². The molecule has 0 spiro atoms. The largest absolute Gasteiger partial charge is 0.486 e. The lowest BCUT2D eigenvalue weighted by Gasteiger charge is -2.38. The highest BCUT2D eigenvalue weighted by molar-refractivity contribution is 5.78. The van der Waals surface area contributed by atoms with Gasteiger partial charge in [-0.15, -0.1) is 0 Å². The molecule has 2 aliphatic heterocycles. The highest BCUT2D eigenvalue weighted by Gasteiger charge is 2.35. The van der Waals surface area contributed by atoms with Crippen molar-refractivity contribution >= 4 is 16.9 Å². The Kier molecular flexibility index (Phi) is 6.60. The van der Waals surface area contributed by atoms with E-state index in [0.29, 0.717) is 68.1 Å². The standard InChI is InChI=1S/C30H32N4O5/c1-21(22-5-3-2-4-6-22)17-27(35)32-13-10-30(37,11-14-32)19-33-20-31-28-24(29(33)36)9-12-34(28)23-7-8-25-26(18-23)39-16-15-38-25/h2-9,12,18,20-21,37H,10-11,13-17,19H2,1H3/t21-/m1/s1. The maximum absolute atomic E-state index is 13.3. The molecule has 1 N–H and O–H groups in total. The molecule has 1 saturated heterocycles. The third-order valence-corrected chi connectivity index (χ3v) is 7.83. The molecule has 0 bridgehead atoms. The summed E-state index contributed by atoms with van der Waals surface area (Å²) < 4.78 is 14.6. The fraction of sp³-hybridized carbons (Fsp3) is 0.367. The molecule has 39 heavy (non-hydrogen) atoms. The van der Waals surface area contributed by atoms with Gasteiger partial charge in [0.2, 0.25) is 5.91 Å². The highest BCUT2D eigenvalue weighted by atomic mass is 16.6. The Labute approximate surface area is 226 Å². The summed E-state index contributed by atoms with van der Waals surface area (Å²) in [6.07, 6.45) is 4.55. The lowest BCUT2D eigenvalue weighted by molar-refractivity contribution is -0.136. The molecule has 0 unspecified atom stereocenters. The molecule has 1 fully saturated rings. The number of likely N-dealkylation sites (tertiary alicyclic amines) is 1. The van der Waals surface area contributed by atoms with Crippen LogP contribution in [0, 0.1) is 0 Å². The number of carbonyl (C=O) groups is 1. The average Bonchev–Trinajstić information content (AvgIpc) is 3.40. The number of aromatic nitrogens is 3. The maximum Gasteiger partial charge on any atom is 0.262 e. The molecule has 1 atom stereocenters. The number of rotatable bonds is 6. The molecule has 9 heteroatoms. The van der Waals surface area contributed by atoms with Crippen LogP contribution in [0.3, 0.4) is 0 Å². The monoisotopic (exact) mass is 528 g/mol. The Morgan fingerprint density at radius 2 is 1.79 bits per heavy atom. The summed E-state index contributed by atoms with van der Waals surface area (Å²) in [5.41, 5.74) is 1.20. The van der Waals surface area contributed by atoms with Gasteiger partial charge in [0.25, 0.3) is 5.56 Å². The fourth-order valence-electron chi connectivity index (χ4n) is 5.50. The van der Waals surface area contributed by atoms with Gasteiger partial charge in [-0.1, -0.05) is 37.3 Å². The zero-order valence-corrected chi connectivity index (χ0v) is 22.0. The zero-order valence-electron chi connectivity index (χ0n) is 22.0. The molecule has 0 saturated carbocycles. The van der Waals surface area contributed by atoms with E-state index < -0.39 is 5.60 Å². The summed E-state index contributed by atoms with van der Waals surface area (Å²) in [5, 5.41) is 11.8. The summed E-state index contributed by atoms with van der Waals surface area (Å²) >= 11 is 0. The molecule has 0 radical (unpaired) electrons. The normalized spacial score (nSPS) is 17.2. The predicted molar refractivity (Wildman–Crippen MR) is 147 cm³/mol. The van der Waals surface area contributed by atoms with E-state index in [1.165, 1.54) is 10.9 Å². The Bertz CT molecular complexity index is 1550. The van der Waals surface area contributed by atoms with Gasteiger partial charge in [-0.25, -0.2) is 4.98 Å². The summed E-state index contributed by atoms with van der Waals surface area (Å²) in [5.74, 6) is 1.58. The van der Waals surface area contributed by atoms with Crippen molar-refractivity contribution in [3.05, 3.63) is 83.0 Å². The second-order valence-electron chi connectivity index (χ2n) is 10.5. The molecular weight excluding hydrogens is 496 g/mol. The molecule has 2 aliphatic rings. The van der Waals surface area contributed by atoms with Crippen LogP contribution >= 0.6 is 0 Å². The van der Waals surface area contributed by atoms with Crippen molar-refractivity contribution in [2.45, 2.75) is 44.2 Å². The lowest BCUT2D eigenvalue weighted by Crippen LogP contribution is -2.49. The predicted octanol–water partition coefficient (Wildman–Crippen LogP) is 3.51. The highest BCUT2D eigenvalue weighted by Crippen LogP contribution is 2.33. The van der Waals surface area contributed by atoms with Gasteiger partial charge in [0.05, 0.1) is 23.2 Å². The van der Waals surface area contributed by atoms with Crippen molar-refractivity contribution in [3.63, 3.8) is 0 Å². The molecular formula is C30H32N4O5. The first-order valence-electron chi connectivity index (χ1n) is 13.4. The number of ether oxygens (including phenoxy) is 2. The molecule has 4 aromatic rings. The summed E-state index contributed by atoms with van der Waals surface area (Å²) in [7, 11) is 0. The van der Waals surface area contributed by atoms with Crippen LogP contribution in [0.25, 0.3) is 16.7 Å². The van der Waals surface area contributed by atoms with Gasteiger partial charge in [-0.3, -0.25) is 14.2 Å². The Morgan fingerprint density at radius 1 is 1.05 bits per heavy atom. The van der Waals surface area contributed by atoms with E-state index in [4.69, 9.17) is 9.47 Å². The van der Waals surface area contributed by atoms with Gasteiger partial charge < -0.3 is 24.0 Å². The van der Waals surface area contributed by atoms with E-state index in [-0.39, 0.29) is 23.9 Å². The second-order valence-corrected chi connectivity index (χ2v) is 10.5. The third-order valence-electron chi connectivity index (χ3n) is 7.83. The van der Waals surface area contributed by atoms with E-state index in [0.717, 1.165) is 11.3 Å². The van der Waals surface area contributed by atoms with Crippen molar-refractivity contribution in [3.8, 4) is 17.2 Å².